The van der Waals surface area contributed by atoms with Crippen molar-refractivity contribution in [1.29, 1.82) is 0 Å². The minimum Gasteiger partial charge on any atom is -0.472 e. The van der Waals surface area contributed by atoms with Crippen molar-refractivity contribution in [3.8, 4) is 0 Å². The zero-order valence-electron chi connectivity index (χ0n) is 15.6. The van der Waals surface area contributed by atoms with Gasteiger partial charge in [0.15, 0.2) is 0 Å². The van der Waals surface area contributed by atoms with Gasteiger partial charge in [-0.05, 0) is 23.8 Å². The van der Waals surface area contributed by atoms with Crippen molar-refractivity contribution in [3.63, 3.8) is 0 Å². The number of aromatic nitrogens is 1. The second kappa shape index (κ2) is 10.1. The van der Waals surface area contributed by atoms with Crippen molar-refractivity contribution in [3.05, 3.63) is 90.1 Å². The van der Waals surface area contributed by atoms with Gasteiger partial charge >= 0.3 is 0 Å². The second-order valence-corrected chi connectivity index (χ2v) is 6.40. The van der Waals surface area contributed by atoms with Crippen LogP contribution in [0.5, 0.6) is 0 Å². The van der Waals surface area contributed by atoms with Crippen molar-refractivity contribution in [2.24, 2.45) is 0 Å². The highest BCUT2D eigenvalue weighted by atomic mass is 16.3. The molecule has 144 valence electrons. The fraction of sp³-hybridized carbons (Fsp3) is 0.227. The molecule has 28 heavy (non-hydrogen) atoms. The Morgan fingerprint density at radius 3 is 2.57 bits per heavy atom. The third-order valence-corrected chi connectivity index (χ3v) is 4.31. The molecule has 0 aliphatic heterocycles. The van der Waals surface area contributed by atoms with Crippen LogP contribution >= 0.6 is 0 Å². The number of pyridine rings is 1. The topological polar surface area (TPSA) is 75.4 Å². The van der Waals surface area contributed by atoms with Crippen LogP contribution in [-0.2, 0) is 17.8 Å². The normalized spacial score (nSPS) is 10.4. The lowest BCUT2D eigenvalue weighted by Gasteiger charge is -2.22. The van der Waals surface area contributed by atoms with Gasteiger partial charge in [0, 0.05) is 44.4 Å². The van der Waals surface area contributed by atoms with E-state index in [9.17, 15) is 9.59 Å². The summed E-state index contributed by atoms with van der Waals surface area (Å²) in [7, 11) is 0. The van der Waals surface area contributed by atoms with Gasteiger partial charge in [-0.15, -0.1) is 0 Å². The van der Waals surface area contributed by atoms with Crippen LogP contribution in [0.3, 0.4) is 0 Å². The van der Waals surface area contributed by atoms with Gasteiger partial charge in [-0.25, -0.2) is 0 Å². The molecule has 3 rings (SSSR count). The first-order chi connectivity index (χ1) is 13.7. The number of hydrogen-bond acceptors (Lipinski definition) is 4. The van der Waals surface area contributed by atoms with Gasteiger partial charge in [0.2, 0.25) is 5.91 Å². The minimum absolute atomic E-state index is 0.0889. The maximum Gasteiger partial charge on any atom is 0.257 e. The summed E-state index contributed by atoms with van der Waals surface area (Å²) in [4.78, 5) is 30.9. The SMILES string of the molecule is O=C(CCN(Cc1ccccc1)C(=O)c1ccoc1)NCCc1ccccn1. The van der Waals surface area contributed by atoms with Gasteiger partial charge in [-0.2, -0.15) is 0 Å². The average Bonchev–Trinajstić information content (AvgIpc) is 3.27. The van der Waals surface area contributed by atoms with E-state index in [0.717, 1.165) is 11.3 Å². The van der Waals surface area contributed by atoms with E-state index in [1.165, 1.54) is 12.5 Å². The molecular formula is C22H23N3O3. The van der Waals surface area contributed by atoms with Crippen LogP contribution in [-0.4, -0.2) is 34.8 Å². The van der Waals surface area contributed by atoms with E-state index in [1.807, 2.05) is 48.5 Å². The number of hydrogen-bond donors (Lipinski definition) is 1. The Labute approximate surface area is 164 Å². The molecule has 0 atom stereocenters. The first-order valence-electron chi connectivity index (χ1n) is 9.24. The van der Waals surface area contributed by atoms with Gasteiger partial charge in [0.05, 0.1) is 11.8 Å². The number of carbonyl (C=O) groups excluding carboxylic acids is 2. The van der Waals surface area contributed by atoms with Crippen molar-refractivity contribution in [2.75, 3.05) is 13.1 Å². The summed E-state index contributed by atoms with van der Waals surface area (Å²) in [6, 6.07) is 17.1. The lowest BCUT2D eigenvalue weighted by molar-refractivity contribution is -0.121. The van der Waals surface area contributed by atoms with E-state index in [-0.39, 0.29) is 18.2 Å². The van der Waals surface area contributed by atoms with Crippen molar-refractivity contribution < 1.29 is 14.0 Å². The average molecular weight is 377 g/mol. The van der Waals surface area contributed by atoms with E-state index in [1.54, 1.807) is 17.2 Å². The Kier molecular flexibility index (Phi) is 6.95. The molecule has 0 bridgehead atoms. The molecule has 0 aliphatic rings. The highest BCUT2D eigenvalue weighted by molar-refractivity contribution is 5.94. The van der Waals surface area contributed by atoms with Gasteiger partial charge in [0.1, 0.15) is 6.26 Å². The minimum atomic E-state index is -0.154. The third kappa shape index (κ3) is 5.81. The lowest BCUT2D eigenvalue weighted by atomic mass is 10.2. The van der Waals surface area contributed by atoms with E-state index in [2.05, 4.69) is 10.3 Å². The summed E-state index contributed by atoms with van der Waals surface area (Å²) in [6.45, 7) is 1.28. The van der Waals surface area contributed by atoms with Crippen molar-refractivity contribution >= 4 is 11.8 Å². The molecule has 0 spiro atoms. The monoisotopic (exact) mass is 377 g/mol. The van der Waals surface area contributed by atoms with Crippen LogP contribution in [0.15, 0.2) is 77.7 Å². The maximum atomic E-state index is 12.7. The number of carbonyl (C=O) groups is 2. The molecule has 1 N–H and O–H groups in total. The van der Waals surface area contributed by atoms with Crippen LogP contribution in [0.25, 0.3) is 0 Å². The van der Waals surface area contributed by atoms with Crippen molar-refractivity contribution in [1.82, 2.24) is 15.2 Å². The Morgan fingerprint density at radius 1 is 1.04 bits per heavy atom. The van der Waals surface area contributed by atoms with Gasteiger partial charge < -0.3 is 14.6 Å². The molecule has 1 aromatic carbocycles. The number of benzene rings is 1. The van der Waals surface area contributed by atoms with Crippen LogP contribution in [0.1, 0.15) is 28.0 Å². The molecule has 3 aromatic rings. The van der Waals surface area contributed by atoms with Crippen LogP contribution in [0.2, 0.25) is 0 Å². The highest BCUT2D eigenvalue weighted by Crippen LogP contribution is 2.11. The van der Waals surface area contributed by atoms with Gasteiger partial charge in [-0.1, -0.05) is 36.4 Å². The van der Waals surface area contributed by atoms with Crippen LogP contribution in [0.4, 0.5) is 0 Å². The number of nitrogens with zero attached hydrogens (tertiary/aromatic N) is 2. The zero-order valence-corrected chi connectivity index (χ0v) is 15.6. The number of rotatable bonds is 9. The predicted octanol–water partition coefficient (Wildman–Crippen LogP) is 3.07. The van der Waals surface area contributed by atoms with Gasteiger partial charge in [-0.3, -0.25) is 14.6 Å². The van der Waals surface area contributed by atoms with Crippen LogP contribution in [0, 0.1) is 0 Å². The highest BCUT2D eigenvalue weighted by Gasteiger charge is 2.18. The molecule has 0 radical (unpaired) electrons. The number of nitrogens with one attached hydrogen (secondary N) is 1. The fourth-order valence-corrected chi connectivity index (χ4v) is 2.83. The molecule has 0 fully saturated rings. The van der Waals surface area contributed by atoms with Crippen molar-refractivity contribution in [2.45, 2.75) is 19.4 Å². The first-order valence-corrected chi connectivity index (χ1v) is 9.24. The summed E-state index contributed by atoms with van der Waals surface area (Å²) in [5, 5.41) is 2.89. The van der Waals surface area contributed by atoms with Gasteiger partial charge in [0.25, 0.3) is 5.91 Å². The standard InChI is InChI=1S/C22H23N3O3/c26-21(24-13-9-20-8-4-5-12-23-20)10-14-25(16-18-6-2-1-3-7-18)22(27)19-11-15-28-17-19/h1-8,11-12,15,17H,9-10,13-14,16H2,(H,24,26). The third-order valence-electron chi connectivity index (χ3n) is 4.31. The van der Waals surface area contributed by atoms with Crippen LogP contribution < -0.4 is 5.32 Å². The van der Waals surface area contributed by atoms with E-state index < -0.39 is 0 Å². The fourth-order valence-electron chi connectivity index (χ4n) is 2.83. The second-order valence-electron chi connectivity index (χ2n) is 6.40. The molecule has 0 unspecified atom stereocenters. The Bertz CT molecular complexity index is 865. The summed E-state index contributed by atoms with van der Waals surface area (Å²) < 4.78 is 5.02. The largest absolute Gasteiger partial charge is 0.472 e. The smallest absolute Gasteiger partial charge is 0.257 e. The summed E-state index contributed by atoms with van der Waals surface area (Å²) in [6.07, 6.45) is 5.54. The number of furan rings is 1. The first kappa shape index (κ1) is 19.4. The molecule has 0 aliphatic carbocycles. The molecule has 2 amide bonds. The predicted molar refractivity (Wildman–Crippen MR) is 105 cm³/mol. The molecule has 6 nitrogen and oxygen atoms in total. The quantitative estimate of drug-likeness (QED) is 0.622. The Hall–Kier alpha value is -3.41. The summed E-state index contributed by atoms with van der Waals surface area (Å²) in [5.41, 5.74) is 2.42. The molecule has 2 aromatic heterocycles. The number of amides is 2. The molecule has 2 heterocycles. The Morgan fingerprint density at radius 2 is 1.86 bits per heavy atom. The molecule has 6 heteroatoms. The maximum absolute atomic E-state index is 12.7. The van der Waals surface area contributed by atoms with E-state index in [0.29, 0.717) is 31.6 Å². The zero-order chi connectivity index (χ0) is 19.6. The summed E-state index contributed by atoms with van der Waals surface area (Å²) >= 11 is 0. The molecular weight excluding hydrogens is 354 g/mol. The summed E-state index contributed by atoms with van der Waals surface area (Å²) in [5.74, 6) is -0.243. The Balaban J connectivity index is 1.53. The molecule has 0 saturated carbocycles. The molecule has 0 saturated heterocycles. The van der Waals surface area contributed by atoms with E-state index >= 15 is 0 Å². The lowest BCUT2D eigenvalue weighted by Crippen LogP contribution is -2.35. The van der Waals surface area contributed by atoms with E-state index in [4.69, 9.17) is 4.42 Å².